The lowest BCUT2D eigenvalue weighted by Gasteiger charge is -2.27. The number of aromatic nitrogens is 2. The monoisotopic (exact) mass is 507 g/mol. The summed E-state index contributed by atoms with van der Waals surface area (Å²) in [5.41, 5.74) is -0.740. The third-order valence-corrected chi connectivity index (χ3v) is 7.10. The van der Waals surface area contributed by atoms with Gasteiger partial charge in [0.2, 0.25) is 0 Å². The Labute approximate surface area is 202 Å². The molecule has 1 aromatic carbocycles. The van der Waals surface area contributed by atoms with Crippen molar-refractivity contribution >= 4 is 13.7 Å². The van der Waals surface area contributed by atoms with Gasteiger partial charge in [0.1, 0.15) is 17.9 Å². The normalized spacial score (nSPS) is 20.7. The van der Waals surface area contributed by atoms with Crippen molar-refractivity contribution in [3.05, 3.63) is 75.1 Å². The molecule has 5 atom stereocenters. The van der Waals surface area contributed by atoms with Gasteiger partial charge in [-0.1, -0.05) is 44.5 Å². The van der Waals surface area contributed by atoms with Gasteiger partial charge in [-0.15, -0.1) is 0 Å². The Morgan fingerprint density at radius 3 is 2.63 bits per heavy atom. The van der Waals surface area contributed by atoms with Crippen molar-refractivity contribution in [2.45, 2.75) is 45.6 Å². The average Bonchev–Trinajstić information content (AvgIpc) is 3.32. The highest BCUT2D eigenvalue weighted by Crippen LogP contribution is 2.46. The van der Waals surface area contributed by atoms with Crippen molar-refractivity contribution in [1.82, 2.24) is 14.6 Å². The highest BCUT2D eigenvalue weighted by Gasteiger charge is 2.37. The molecule has 2 heterocycles. The number of para-hydroxylation sites is 1. The first kappa shape index (κ1) is 26.6. The fourth-order valence-electron chi connectivity index (χ4n) is 3.34. The minimum atomic E-state index is -4.08. The number of esters is 1. The molecule has 1 aliphatic heterocycles. The zero-order chi connectivity index (χ0) is 25.6. The van der Waals surface area contributed by atoms with Gasteiger partial charge in [0.15, 0.2) is 6.23 Å². The van der Waals surface area contributed by atoms with E-state index in [0.717, 1.165) is 0 Å². The second-order valence-corrected chi connectivity index (χ2v) is 9.84. The second kappa shape index (κ2) is 11.6. The van der Waals surface area contributed by atoms with Crippen LogP contribution in [-0.2, 0) is 23.4 Å². The SMILES string of the molecule is CCC(C)C(NP(=O)(OC[C@@H]1C=C[C@H](n2cc(C)c(=O)[nH]c2=O)O1)Oc1ccccc1)C(=O)OC. The van der Waals surface area contributed by atoms with Gasteiger partial charge in [-0.25, -0.2) is 9.36 Å². The van der Waals surface area contributed by atoms with Crippen molar-refractivity contribution < 1.29 is 27.9 Å². The molecule has 190 valence electrons. The molecule has 12 heteroatoms. The molecule has 2 N–H and O–H groups in total. The molecule has 1 aliphatic rings. The number of aryl methyl sites for hydroxylation is 1. The highest BCUT2D eigenvalue weighted by molar-refractivity contribution is 7.52. The Kier molecular flexibility index (Phi) is 8.85. The number of carbonyl (C=O) groups is 1. The summed E-state index contributed by atoms with van der Waals surface area (Å²) in [5, 5.41) is 2.73. The van der Waals surface area contributed by atoms with Gasteiger partial charge in [0.25, 0.3) is 5.56 Å². The van der Waals surface area contributed by atoms with E-state index in [1.54, 1.807) is 49.4 Å². The van der Waals surface area contributed by atoms with Gasteiger partial charge in [-0.3, -0.25) is 23.7 Å². The molecule has 0 spiro atoms. The molecule has 0 aliphatic carbocycles. The largest absolute Gasteiger partial charge is 0.468 e. The standard InChI is InChI=1S/C23H30N3O8P/c1-5-15(2)20(22(28)31-4)25-35(30,34-17-9-7-6-8-10-17)32-14-18-11-12-19(33-18)26-13-16(3)21(27)24-23(26)29/h6-13,15,18-20H,5,14H2,1-4H3,(H,25,30)(H,24,27,29)/t15?,18-,19+,20?,35?/m0/s1. The number of carbonyl (C=O) groups excluding carboxylic acids is 1. The number of hydrogen-bond donors (Lipinski definition) is 2. The molecular weight excluding hydrogens is 477 g/mol. The van der Waals surface area contributed by atoms with Crippen LogP contribution in [0.2, 0.25) is 0 Å². The van der Waals surface area contributed by atoms with Crippen LogP contribution >= 0.6 is 7.75 Å². The summed E-state index contributed by atoms with van der Waals surface area (Å²) < 4.78 is 37.0. The lowest BCUT2D eigenvalue weighted by atomic mass is 10.0. The van der Waals surface area contributed by atoms with E-state index in [-0.39, 0.29) is 18.3 Å². The summed E-state index contributed by atoms with van der Waals surface area (Å²) in [6, 6.07) is 7.49. The maximum absolute atomic E-state index is 13.7. The van der Waals surface area contributed by atoms with E-state index in [2.05, 4.69) is 10.1 Å². The Bertz CT molecular complexity index is 1210. The van der Waals surface area contributed by atoms with E-state index in [4.69, 9.17) is 18.5 Å². The maximum Gasteiger partial charge on any atom is 0.459 e. The van der Waals surface area contributed by atoms with Crippen LogP contribution in [0.3, 0.4) is 0 Å². The van der Waals surface area contributed by atoms with Gasteiger partial charge in [0.05, 0.1) is 13.7 Å². The van der Waals surface area contributed by atoms with E-state index in [9.17, 15) is 18.9 Å². The molecule has 0 fully saturated rings. The van der Waals surface area contributed by atoms with Gasteiger partial charge < -0.3 is 14.0 Å². The number of H-pyrrole nitrogens is 1. The Balaban J connectivity index is 1.76. The minimum Gasteiger partial charge on any atom is -0.468 e. The molecule has 3 unspecified atom stereocenters. The first-order valence-corrected chi connectivity index (χ1v) is 12.7. The van der Waals surface area contributed by atoms with Crippen LogP contribution in [0, 0.1) is 12.8 Å². The molecular formula is C23H30N3O8P. The molecule has 3 rings (SSSR count). The molecule has 1 aromatic heterocycles. The van der Waals surface area contributed by atoms with E-state index in [1.807, 2.05) is 13.8 Å². The summed E-state index contributed by atoms with van der Waals surface area (Å²) in [6.45, 7) is 5.09. The zero-order valence-corrected chi connectivity index (χ0v) is 20.9. The van der Waals surface area contributed by atoms with Crippen LogP contribution in [0.1, 0.15) is 32.1 Å². The predicted molar refractivity (Wildman–Crippen MR) is 128 cm³/mol. The minimum absolute atomic E-state index is 0.199. The molecule has 0 radical (unpaired) electrons. The number of rotatable bonds is 11. The lowest BCUT2D eigenvalue weighted by molar-refractivity contribution is -0.144. The number of benzene rings is 1. The van der Waals surface area contributed by atoms with E-state index in [0.29, 0.717) is 12.0 Å². The van der Waals surface area contributed by atoms with E-state index < -0.39 is 43.3 Å². The maximum atomic E-state index is 13.7. The Hall–Kier alpha value is -2.98. The quantitative estimate of drug-likeness (QED) is 0.267. The molecule has 0 saturated heterocycles. The van der Waals surface area contributed by atoms with Crippen LogP contribution in [0.5, 0.6) is 5.75 Å². The lowest BCUT2D eigenvalue weighted by Crippen LogP contribution is -2.42. The summed E-state index contributed by atoms with van der Waals surface area (Å²) >= 11 is 0. The molecule has 0 bridgehead atoms. The van der Waals surface area contributed by atoms with Crippen LogP contribution in [0.4, 0.5) is 0 Å². The fraction of sp³-hybridized carbons (Fsp3) is 0.435. The first-order valence-electron chi connectivity index (χ1n) is 11.2. The van der Waals surface area contributed by atoms with Gasteiger partial charge >= 0.3 is 19.4 Å². The highest BCUT2D eigenvalue weighted by atomic mass is 31.2. The summed E-state index contributed by atoms with van der Waals surface area (Å²) in [4.78, 5) is 38.4. The molecule has 2 aromatic rings. The second-order valence-electron chi connectivity index (χ2n) is 8.14. The Morgan fingerprint density at radius 1 is 1.26 bits per heavy atom. The zero-order valence-electron chi connectivity index (χ0n) is 20.0. The fourth-order valence-corrected chi connectivity index (χ4v) is 4.97. The Morgan fingerprint density at radius 2 is 1.97 bits per heavy atom. The summed E-state index contributed by atoms with van der Waals surface area (Å²) in [5.74, 6) is -0.530. The van der Waals surface area contributed by atoms with Crippen molar-refractivity contribution in [1.29, 1.82) is 0 Å². The molecule has 35 heavy (non-hydrogen) atoms. The first-order chi connectivity index (χ1) is 16.7. The topological polar surface area (TPSA) is 138 Å². The number of nitrogens with zero attached hydrogens (tertiary/aromatic N) is 1. The number of aromatic amines is 1. The van der Waals surface area contributed by atoms with Crippen LogP contribution in [0.25, 0.3) is 0 Å². The molecule has 11 nitrogen and oxygen atoms in total. The van der Waals surface area contributed by atoms with Crippen molar-refractivity contribution in [2.24, 2.45) is 5.92 Å². The van der Waals surface area contributed by atoms with Crippen LogP contribution in [-0.4, -0.2) is 41.4 Å². The van der Waals surface area contributed by atoms with Gasteiger partial charge in [-0.05, 0) is 31.1 Å². The van der Waals surface area contributed by atoms with Crippen molar-refractivity contribution in [3.8, 4) is 5.75 Å². The van der Waals surface area contributed by atoms with E-state index in [1.165, 1.54) is 17.9 Å². The average molecular weight is 507 g/mol. The number of methoxy groups -OCH3 is 1. The number of ether oxygens (including phenoxy) is 2. The summed E-state index contributed by atoms with van der Waals surface area (Å²) in [7, 11) is -2.83. The number of nitrogens with one attached hydrogen (secondary N) is 2. The third kappa shape index (κ3) is 6.79. The molecule has 0 amide bonds. The van der Waals surface area contributed by atoms with Crippen LogP contribution < -0.4 is 20.9 Å². The summed E-state index contributed by atoms with van der Waals surface area (Å²) in [6.07, 6.45) is 3.83. The smallest absolute Gasteiger partial charge is 0.459 e. The molecule has 0 saturated carbocycles. The predicted octanol–water partition coefficient (Wildman–Crippen LogP) is 2.68. The van der Waals surface area contributed by atoms with E-state index >= 15 is 0 Å². The van der Waals surface area contributed by atoms with Crippen LogP contribution in [0.15, 0.2) is 58.3 Å². The van der Waals surface area contributed by atoms with Gasteiger partial charge in [-0.2, -0.15) is 5.09 Å². The number of hydrogen-bond acceptors (Lipinski definition) is 8. The van der Waals surface area contributed by atoms with Gasteiger partial charge in [0, 0.05) is 11.8 Å². The third-order valence-electron chi connectivity index (χ3n) is 5.57. The van der Waals surface area contributed by atoms with Crippen molar-refractivity contribution in [3.63, 3.8) is 0 Å². The van der Waals surface area contributed by atoms with Crippen molar-refractivity contribution in [2.75, 3.05) is 13.7 Å².